The van der Waals surface area contributed by atoms with Crippen molar-refractivity contribution in [3.05, 3.63) is 85.1 Å². The molecule has 2 aliphatic heterocycles. The molecule has 76 heavy (non-hydrogen) atoms. The van der Waals surface area contributed by atoms with Gasteiger partial charge >= 0.3 is 5.97 Å². The number of carbonyl (C=O) groups is 1. The van der Waals surface area contributed by atoms with Gasteiger partial charge in [-0.1, -0.05) is 189 Å². The van der Waals surface area contributed by atoms with Crippen LogP contribution in [0.4, 0.5) is 0 Å². The first-order valence-corrected chi connectivity index (χ1v) is 29.7. The van der Waals surface area contributed by atoms with Crippen molar-refractivity contribution in [2.75, 3.05) is 33.0 Å². The van der Waals surface area contributed by atoms with E-state index in [1.807, 2.05) is 0 Å². The molecule has 0 saturated carbocycles. The fourth-order valence-corrected chi connectivity index (χ4v) is 8.87. The molecule has 0 aromatic heterocycles. The molecule has 0 amide bonds. The fourth-order valence-electron chi connectivity index (χ4n) is 8.87. The molecule has 11 unspecified atom stereocenters. The monoisotopic (exact) mass is 1070 g/mol. The van der Waals surface area contributed by atoms with Gasteiger partial charge in [0.15, 0.2) is 12.6 Å². The third-order valence-corrected chi connectivity index (χ3v) is 13.6. The highest BCUT2D eigenvalue weighted by atomic mass is 16.7. The zero-order chi connectivity index (χ0) is 55.1. The van der Waals surface area contributed by atoms with Gasteiger partial charge in [-0.05, 0) is 89.9 Å². The molecule has 0 aliphatic carbocycles. The second-order valence-corrected chi connectivity index (χ2v) is 20.4. The SMILES string of the molecule is CC/C=C\C/C=C\C/C=C\C/C=C\C/C=C\C/C=C\CCCCCCCCCOCC(COC1OC(COC2OC(CO)C(O)C(O)C2O)C(O)C(O)C1O)OC(=O)CCCCCCC/C=C\CCCCCCCCC. The molecule has 2 saturated heterocycles. The molecule has 2 fully saturated rings. The molecule has 0 spiro atoms. The number of unbranched alkanes of at least 4 members (excludes halogenated alkanes) is 19. The summed E-state index contributed by atoms with van der Waals surface area (Å²) < 4.78 is 34.4. The molecular weight excluding hydrogens is 969 g/mol. The topological polar surface area (TPSA) is 214 Å². The van der Waals surface area contributed by atoms with Gasteiger partial charge in [-0.2, -0.15) is 0 Å². The van der Waals surface area contributed by atoms with Crippen molar-refractivity contribution < 1.29 is 69.0 Å². The van der Waals surface area contributed by atoms with E-state index in [2.05, 4.69) is 98.9 Å². The van der Waals surface area contributed by atoms with Crippen molar-refractivity contribution in [2.45, 2.75) is 268 Å². The largest absolute Gasteiger partial charge is 0.457 e. The normalized spacial score (nSPS) is 25.1. The average molecular weight is 1080 g/mol. The standard InChI is InChI=1S/C62H106O14/c1-3-5-7-9-11-13-15-17-19-21-22-23-24-25-26-27-28-29-30-32-34-36-38-40-42-44-46-71-48-51(74-54(64)45-43-41-39-37-35-33-31-20-18-16-14-12-10-8-6-4-2)49-72-61-60(70)58(68)56(66)53(76-61)50-73-62-59(69)57(67)55(65)52(47-63)75-62/h5,7,11,13,17,19-20,22-23,25-26,28-29,31,51-53,55-63,65-70H,3-4,6,8-10,12,14-16,18,21,24,27,30,32-50H2,1-2H3/b7-5-,13-11-,19-17-,23-22-,26-25-,29-28-,31-20-. The Morgan fingerprint density at radius 2 is 0.855 bits per heavy atom. The van der Waals surface area contributed by atoms with Crippen LogP contribution in [-0.2, 0) is 33.2 Å². The van der Waals surface area contributed by atoms with Crippen LogP contribution in [0.2, 0.25) is 0 Å². The zero-order valence-corrected chi connectivity index (χ0v) is 47.0. The number of rotatable bonds is 47. The minimum absolute atomic E-state index is 0.0461. The number of aliphatic hydroxyl groups excluding tert-OH is 7. The van der Waals surface area contributed by atoms with Gasteiger partial charge in [-0.15, -0.1) is 0 Å². The summed E-state index contributed by atoms with van der Waals surface area (Å²) in [7, 11) is 0. The predicted octanol–water partition coefficient (Wildman–Crippen LogP) is 10.8. The first-order valence-electron chi connectivity index (χ1n) is 29.7. The molecule has 0 aromatic carbocycles. The Morgan fingerprint density at radius 3 is 1.36 bits per heavy atom. The summed E-state index contributed by atoms with van der Waals surface area (Å²) in [6.45, 7) is 3.53. The van der Waals surface area contributed by atoms with E-state index in [0.717, 1.165) is 109 Å². The smallest absolute Gasteiger partial charge is 0.306 e. The van der Waals surface area contributed by atoms with Crippen LogP contribution in [-0.4, -0.2) is 142 Å². The lowest BCUT2D eigenvalue weighted by Gasteiger charge is -2.42. The van der Waals surface area contributed by atoms with Crippen LogP contribution >= 0.6 is 0 Å². The van der Waals surface area contributed by atoms with E-state index in [1.54, 1.807) is 0 Å². The Balaban J connectivity index is 1.71. The maximum absolute atomic E-state index is 13.1. The van der Waals surface area contributed by atoms with Crippen molar-refractivity contribution >= 4 is 5.97 Å². The van der Waals surface area contributed by atoms with Gasteiger partial charge in [-0.25, -0.2) is 0 Å². The second kappa shape index (κ2) is 48.1. The van der Waals surface area contributed by atoms with Crippen molar-refractivity contribution in [2.24, 2.45) is 0 Å². The van der Waals surface area contributed by atoms with Crippen LogP contribution < -0.4 is 0 Å². The molecule has 14 nitrogen and oxygen atoms in total. The van der Waals surface area contributed by atoms with Crippen LogP contribution in [0.5, 0.6) is 0 Å². The number of carbonyl (C=O) groups excluding carboxylic acids is 1. The van der Waals surface area contributed by atoms with E-state index in [4.69, 9.17) is 28.4 Å². The molecule has 7 N–H and O–H groups in total. The summed E-state index contributed by atoms with van der Waals surface area (Å²) in [4.78, 5) is 13.1. The molecule has 0 aromatic rings. The number of aliphatic hydroxyl groups is 7. The lowest BCUT2D eigenvalue weighted by molar-refractivity contribution is -0.332. The van der Waals surface area contributed by atoms with Crippen LogP contribution in [0.1, 0.15) is 200 Å². The highest BCUT2D eigenvalue weighted by Crippen LogP contribution is 2.26. The van der Waals surface area contributed by atoms with Crippen molar-refractivity contribution in [1.82, 2.24) is 0 Å². The maximum Gasteiger partial charge on any atom is 0.306 e. The fraction of sp³-hybridized carbons (Fsp3) is 0.758. The van der Waals surface area contributed by atoms with E-state index >= 15 is 0 Å². The number of esters is 1. The lowest BCUT2D eigenvalue weighted by atomic mass is 9.98. The Hall–Kier alpha value is -2.83. The summed E-state index contributed by atoms with van der Waals surface area (Å²) in [5.74, 6) is -0.391. The van der Waals surface area contributed by atoms with Crippen molar-refractivity contribution in [1.29, 1.82) is 0 Å². The summed E-state index contributed by atoms with van der Waals surface area (Å²) in [5.41, 5.74) is 0. The van der Waals surface area contributed by atoms with Gasteiger partial charge in [-0.3, -0.25) is 4.79 Å². The van der Waals surface area contributed by atoms with Gasteiger partial charge in [0, 0.05) is 13.0 Å². The van der Waals surface area contributed by atoms with Crippen molar-refractivity contribution in [3.63, 3.8) is 0 Å². The Kier molecular flexibility index (Phi) is 43.9. The van der Waals surface area contributed by atoms with Gasteiger partial charge < -0.3 is 64.2 Å². The molecular formula is C62H106O14. The van der Waals surface area contributed by atoms with Crippen LogP contribution in [0.15, 0.2) is 85.1 Å². The van der Waals surface area contributed by atoms with Gasteiger partial charge in [0.1, 0.15) is 54.9 Å². The summed E-state index contributed by atoms with van der Waals surface area (Å²) in [5, 5.41) is 72.4. The molecule has 438 valence electrons. The maximum atomic E-state index is 13.1. The number of hydrogen-bond donors (Lipinski definition) is 7. The highest BCUT2D eigenvalue weighted by Gasteiger charge is 2.47. The van der Waals surface area contributed by atoms with E-state index < -0.39 is 86.7 Å². The van der Waals surface area contributed by atoms with Crippen LogP contribution in [0.25, 0.3) is 0 Å². The van der Waals surface area contributed by atoms with Gasteiger partial charge in [0.2, 0.25) is 0 Å². The summed E-state index contributed by atoms with van der Waals surface area (Å²) in [6.07, 6.45) is 46.4. The first-order chi connectivity index (χ1) is 37.1. The van der Waals surface area contributed by atoms with E-state index in [9.17, 15) is 40.5 Å². The van der Waals surface area contributed by atoms with Crippen LogP contribution in [0.3, 0.4) is 0 Å². The second-order valence-electron chi connectivity index (χ2n) is 20.4. The molecule has 2 aliphatic rings. The number of hydrogen-bond acceptors (Lipinski definition) is 14. The van der Waals surface area contributed by atoms with Gasteiger partial charge in [0.25, 0.3) is 0 Å². The number of ether oxygens (including phenoxy) is 6. The Bertz CT molecular complexity index is 1580. The zero-order valence-electron chi connectivity index (χ0n) is 47.0. The highest BCUT2D eigenvalue weighted by molar-refractivity contribution is 5.69. The molecule has 0 bridgehead atoms. The van der Waals surface area contributed by atoms with E-state index in [-0.39, 0.29) is 19.6 Å². The van der Waals surface area contributed by atoms with E-state index in [0.29, 0.717) is 13.0 Å². The third kappa shape index (κ3) is 34.2. The van der Waals surface area contributed by atoms with Crippen molar-refractivity contribution in [3.8, 4) is 0 Å². The third-order valence-electron chi connectivity index (χ3n) is 13.6. The molecule has 11 atom stereocenters. The first kappa shape index (κ1) is 69.3. The lowest BCUT2D eigenvalue weighted by Crippen LogP contribution is -2.61. The molecule has 14 heteroatoms. The average Bonchev–Trinajstić information content (AvgIpc) is 3.42. The minimum atomic E-state index is -1.71. The summed E-state index contributed by atoms with van der Waals surface area (Å²) >= 11 is 0. The molecule has 2 heterocycles. The van der Waals surface area contributed by atoms with E-state index in [1.165, 1.54) is 64.2 Å². The van der Waals surface area contributed by atoms with Crippen LogP contribution in [0, 0.1) is 0 Å². The summed E-state index contributed by atoms with van der Waals surface area (Å²) in [6, 6.07) is 0. The predicted molar refractivity (Wildman–Crippen MR) is 302 cm³/mol. The number of allylic oxidation sites excluding steroid dienone is 14. The van der Waals surface area contributed by atoms with Gasteiger partial charge in [0.05, 0.1) is 26.4 Å². The minimum Gasteiger partial charge on any atom is -0.457 e. The Morgan fingerprint density at radius 1 is 0.447 bits per heavy atom. The molecule has 2 rings (SSSR count). The quantitative estimate of drug-likeness (QED) is 0.0172. The Labute approximate surface area is 459 Å². The molecule has 0 radical (unpaired) electrons.